The first kappa shape index (κ1) is 24.3. The van der Waals surface area contributed by atoms with E-state index in [2.05, 4.69) is 36.3 Å². The van der Waals surface area contributed by atoms with Crippen molar-refractivity contribution in [3.8, 4) is 28.1 Å². The number of nitrogens with two attached hydrogens (primary N) is 1. The molecule has 0 saturated heterocycles. The number of benzene rings is 3. The lowest BCUT2D eigenvalue weighted by Crippen LogP contribution is -2.13. The van der Waals surface area contributed by atoms with Gasteiger partial charge >= 0.3 is 6.18 Å². The number of hydrogen-bond acceptors (Lipinski definition) is 2. The molecule has 3 aromatic carbocycles. The molecule has 0 aliphatic rings. The van der Waals surface area contributed by atoms with E-state index in [9.17, 15) is 18.0 Å². The first-order chi connectivity index (χ1) is 16.7. The predicted octanol–water partition coefficient (Wildman–Crippen LogP) is 6.60. The van der Waals surface area contributed by atoms with Crippen molar-refractivity contribution < 1.29 is 18.0 Å². The largest absolute Gasteiger partial charge is 0.435 e. The third-order valence-electron chi connectivity index (χ3n) is 5.85. The summed E-state index contributed by atoms with van der Waals surface area (Å²) in [6.07, 6.45) is -1.18. The van der Waals surface area contributed by atoms with Crippen molar-refractivity contribution in [1.82, 2.24) is 9.78 Å². The van der Waals surface area contributed by atoms with Crippen LogP contribution in [0.3, 0.4) is 0 Å². The number of alkyl halides is 3. The van der Waals surface area contributed by atoms with Crippen molar-refractivity contribution in [2.75, 3.05) is 0 Å². The first-order valence-corrected chi connectivity index (χ1v) is 11.5. The van der Waals surface area contributed by atoms with E-state index in [1.807, 2.05) is 12.1 Å². The maximum atomic E-state index is 13.5. The van der Waals surface area contributed by atoms with E-state index in [0.717, 1.165) is 36.5 Å². The third-order valence-corrected chi connectivity index (χ3v) is 5.85. The second kappa shape index (κ2) is 10.2. The van der Waals surface area contributed by atoms with E-state index < -0.39 is 17.8 Å². The van der Waals surface area contributed by atoms with Gasteiger partial charge in [0.1, 0.15) is 0 Å². The molecule has 0 bridgehead atoms. The van der Waals surface area contributed by atoms with Gasteiger partial charge in [-0.25, -0.2) is 4.68 Å². The zero-order valence-electron chi connectivity index (χ0n) is 19.3. The molecule has 35 heavy (non-hydrogen) atoms. The Morgan fingerprint density at radius 3 is 1.94 bits per heavy atom. The standard InChI is InChI=1S/C28H26F3N3O/c1-2-3-4-19-5-9-21(10-6-19)22-11-13-23(14-12-22)25-18-26(28(29,30)31)33-34(25)24-15-7-20(8-16-24)17-27(32)35/h5-16,18H,2-4,17H2,1H3,(H2,32,35). The SMILES string of the molecule is CCCCc1ccc(-c2ccc(-c3cc(C(F)(F)F)nn3-c3ccc(CC(N)=O)cc3)cc2)cc1. The second-order valence-corrected chi connectivity index (χ2v) is 8.51. The molecule has 1 heterocycles. The summed E-state index contributed by atoms with van der Waals surface area (Å²) in [7, 11) is 0. The molecule has 1 aromatic heterocycles. The van der Waals surface area contributed by atoms with Crippen LogP contribution in [0.25, 0.3) is 28.1 Å². The van der Waals surface area contributed by atoms with Crippen LogP contribution in [0.15, 0.2) is 78.9 Å². The van der Waals surface area contributed by atoms with Crippen molar-refractivity contribution in [2.24, 2.45) is 5.73 Å². The topological polar surface area (TPSA) is 60.9 Å². The molecule has 0 aliphatic heterocycles. The molecule has 0 fully saturated rings. The van der Waals surface area contributed by atoms with Crippen LogP contribution in [0.1, 0.15) is 36.6 Å². The van der Waals surface area contributed by atoms with Crippen molar-refractivity contribution >= 4 is 5.91 Å². The van der Waals surface area contributed by atoms with Gasteiger partial charge in [-0.15, -0.1) is 0 Å². The molecule has 1 amide bonds. The van der Waals surface area contributed by atoms with Crippen molar-refractivity contribution in [1.29, 1.82) is 0 Å². The molecule has 0 spiro atoms. The van der Waals surface area contributed by atoms with Crippen molar-refractivity contribution in [2.45, 2.75) is 38.8 Å². The molecule has 0 unspecified atom stereocenters. The van der Waals surface area contributed by atoms with Crippen LogP contribution >= 0.6 is 0 Å². The lowest BCUT2D eigenvalue weighted by molar-refractivity contribution is -0.141. The zero-order chi connectivity index (χ0) is 25.0. The van der Waals surface area contributed by atoms with Crippen LogP contribution in [0, 0.1) is 0 Å². The summed E-state index contributed by atoms with van der Waals surface area (Å²) >= 11 is 0. The number of carbonyl (C=O) groups is 1. The Bertz CT molecular complexity index is 1290. The quantitative estimate of drug-likeness (QED) is 0.311. The Morgan fingerprint density at radius 1 is 0.857 bits per heavy atom. The minimum Gasteiger partial charge on any atom is -0.369 e. The fraction of sp³-hybridized carbons (Fsp3) is 0.214. The molecule has 4 rings (SSSR count). The maximum Gasteiger partial charge on any atom is 0.435 e. The Labute approximate surface area is 202 Å². The molecule has 2 N–H and O–H groups in total. The average molecular weight is 478 g/mol. The number of primary amides is 1. The van der Waals surface area contributed by atoms with Crippen LogP contribution in [-0.2, 0) is 23.8 Å². The highest BCUT2D eigenvalue weighted by Crippen LogP contribution is 2.34. The fourth-order valence-electron chi connectivity index (χ4n) is 3.96. The van der Waals surface area contributed by atoms with Crippen LogP contribution < -0.4 is 5.73 Å². The van der Waals surface area contributed by atoms with Gasteiger partial charge in [0.05, 0.1) is 17.8 Å². The fourth-order valence-corrected chi connectivity index (χ4v) is 3.96. The Balaban J connectivity index is 1.66. The molecule has 0 saturated carbocycles. The van der Waals surface area contributed by atoms with E-state index in [4.69, 9.17) is 5.73 Å². The Kier molecular flexibility index (Phi) is 7.05. The van der Waals surface area contributed by atoms with Crippen molar-refractivity contribution in [3.63, 3.8) is 0 Å². The summed E-state index contributed by atoms with van der Waals surface area (Å²) < 4.78 is 41.7. The van der Waals surface area contributed by atoms with E-state index in [-0.39, 0.29) is 6.42 Å². The van der Waals surface area contributed by atoms with Gasteiger partial charge in [-0.1, -0.05) is 74.0 Å². The highest BCUT2D eigenvalue weighted by Gasteiger charge is 2.35. The highest BCUT2D eigenvalue weighted by molar-refractivity contribution is 5.76. The molecule has 4 nitrogen and oxygen atoms in total. The van der Waals surface area contributed by atoms with Crippen LogP contribution in [0.2, 0.25) is 0 Å². The third kappa shape index (κ3) is 5.80. The van der Waals surface area contributed by atoms with Crippen molar-refractivity contribution in [3.05, 3.63) is 95.7 Å². The smallest absolute Gasteiger partial charge is 0.369 e. The maximum absolute atomic E-state index is 13.5. The summed E-state index contributed by atoms with van der Waals surface area (Å²) in [6, 6.07) is 23.4. The summed E-state index contributed by atoms with van der Waals surface area (Å²) in [6.45, 7) is 2.17. The first-order valence-electron chi connectivity index (χ1n) is 11.5. The van der Waals surface area contributed by atoms with E-state index >= 15 is 0 Å². The molecular formula is C28H26F3N3O. The zero-order valence-corrected chi connectivity index (χ0v) is 19.3. The molecular weight excluding hydrogens is 451 g/mol. The summed E-state index contributed by atoms with van der Waals surface area (Å²) in [4.78, 5) is 11.1. The number of unbranched alkanes of at least 4 members (excludes halogenated alkanes) is 1. The van der Waals surface area contributed by atoms with Gasteiger partial charge in [0.25, 0.3) is 0 Å². The molecule has 4 aromatic rings. The Hall–Kier alpha value is -3.87. The monoisotopic (exact) mass is 477 g/mol. The lowest BCUT2D eigenvalue weighted by Gasteiger charge is -2.10. The van der Waals surface area contributed by atoms with Crippen LogP contribution in [-0.4, -0.2) is 15.7 Å². The normalized spacial score (nSPS) is 11.5. The number of nitrogens with zero attached hydrogens (tertiary/aromatic N) is 2. The van der Waals surface area contributed by atoms with E-state index in [1.165, 1.54) is 10.2 Å². The van der Waals surface area contributed by atoms with Gasteiger partial charge in [0, 0.05) is 5.56 Å². The molecule has 0 aliphatic carbocycles. The number of amides is 1. The van der Waals surface area contributed by atoms with Gasteiger partial charge < -0.3 is 5.73 Å². The van der Waals surface area contributed by atoms with Gasteiger partial charge in [-0.3, -0.25) is 4.79 Å². The summed E-state index contributed by atoms with van der Waals surface area (Å²) in [5.74, 6) is -0.479. The molecule has 7 heteroatoms. The van der Waals surface area contributed by atoms with E-state index in [0.29, 0.717) is 22.5 Å². The number of halogens is 3. The summed E-state index contributed by atoms with van der Waals surface area (Å²) in [5, 5.41) is 3.83. The number of carbonyl (C=O) groups excluding carboxylic acids is 1. The van der Waals surface area contributed by atoms with Gasteiger partial charge in [-0.2, -0.15) is 18.3 Å². The average Bonchev–Trinajstić information content (AvgIpc) is 3.30. The van der Waals surface area contributed by atoms with Gasteiger partial charge in [0.15, 0.2) is 5.69 Å². The number of hydrogen-bond donors (Lipinski definition) is 1. The molecule has 0 radical (unpaired) electrons. The Morgan fingerprint density at radius 2 is 1.40 bits per heavy atom. The van der Waals surface area contributed by atoms with Gasteiger partial charge in [0.2, 0.25) is 5.91 Å². The lowest BCUT2D eigenvalue weighted by atomic mass is 10.00. The van der Waals surface area contributed by atoms with Gasteiger partial charge in [-0.05, 0) is 53.3 Å². The number of rotatable bonds is 8. The van der Waals surface area contributed by atoms with Crippen LogP contribution in [0.4, 0.5) is 13.2 Å². The predicted molar refractivity (Wildman–Crippen MR) is 131 cm³/mol. The second-order valence-electron chi connectivity index (χ2n) is 8.51. The van der Waals surface area contributed by atoms with E-state index in [1.54, 1.807) is 36.4 Å². The summed E-state index contributed by atoms with van der Waals surface area (Å²) in [5.41, 5.74) is 9.63. The molecule has 180 valence electrons. The minimum atomic E-state index is -4.58. The molecule has 0 atom stereocenters. The number of aryl methyl sites for hydroxylation is 1. The number of aromatic nitrogens is 2. The minimum absolute atomic E-state index is 0.0566. The highest BCUT2D eigenvalue weighted by atomic mass is 19.4. The van der Waals surface area contributed by atoms with Crippen LogP contribution in [0.5, 0.6) is 0 Å².